The summed E-state index contributed by atoms with van der Waals surface area (Å²) in [4.78, 5) is 10.8. The molecule has 16 heavy (non-hydrogen) atoms. The lowest BCUT2D eigenvalue weighted by Crippen LogP contribution is -2.22. The Balaban J connectivity index is 1.96. The average Bonchev–Trinajstić information content (AvgIpc) is 2.34. The molecule has 1 heterocycles. The van der Waals surface area contributed by atoms with Gasteiger partial charge in [0.05, 0.1) is 20.1 Å². The summed E-state index contributed by atoms with van der Waals surface area (Å²) in [6, 6.07) is 0. The number of hydrogen-bond acceptors (Lipinski definition) is 4. The molecule has 1 saturated heterocycles. The second-order valence-electron chi connectivity index (χ2n) is 3.71. The molecule has 1 fully saturated rings. The number of methoxy groups -OCH3 is 1. The molecule has 92 valence electrons. The van der Waals surface area contributed by atoms with Gasteiger partial charge in [-0.05, 0) is 25.7 Å². The van der Waals surface area contributed by atoms with Crippen molar-refractivity contribution in [3.05, 3.63) is 12.2 Å². The standard InChI is InChI=1S/C12H20O4/c1-14-11(13)7-3-2-5-9-15-12-8-4-6-10-16-12/h2-3,12H,4-10H2,1H3. The Bertz CT molecular complexity index is 219. The summed E-state index contributed by atoms with van der Waals surface area (Å²) in [5.41, 5.74) is 0. The van der Waals surface area contributed by atoms with Crippen LogP contribution in [0.5, 0.6) is 0 Å². The lowest BCUT2D eigenvalue weighted by atomic mass is 10.2. The molecular weight excluding hydrogens is 208 g/mol. The maximum Gasteiger partial charge on any atom is 0.309 e. The highest BCUT2D eigenvalue weighted by atomic mass is 16.7. The average molecular weight is 228 g/mol. The number of esters is 1. The first-order chi connectivity index (χ1) is 7.83. The molecule has 0 aromatic carbocycles. The second-order valence-corrected chi connectivity index (χ2v) is 3.71. The molecule has 0 spiro atoms. The largest absolute Gasteiger partial charge is 0.469 e. The van der Waals surface area contributed by atoms with Gasteiger partial charge in [-0.3, -0.25) is 4.79 Å². The second kappa shape index (κ2) is 8.30. The molecule has 0 aromatic rings. The van der Waals surface area contributed by atoms with Crippen molar-refractivity contribution in [3.63, 3.8) is 0 Å². The normalized spacial score (nSPS) is 21.2. The van der Waals surface area contributed by atoms with Crippen LogP contribution in [-0.4, -0.2) is 32.6 Å². The van der Waals surface area contributed by atoms with Crippen molar-refractivity contribution in [2.45, 2.75) is 38.4 Å². The number of rotatable bonds is 6. The molecule has 4 heteroatoms. The molecule has 1 atom stereocenters. The molecule has 0 amide bonds. The highest BCUT2D eigenvalue weighted by Gasteiger charge is 2.12. The van der Waals surface area contributed by atoms with Crippen LogP contribution in [0, 0.1) is 0 Å². The molecular formula is C12H20O4. The third kappa shape index (κ3) is 5.88. The number of carbonyl (C=O) groups excluding carboxylic acids is 1. The Morgan fingerprint density at radius 1 is 1.44 bits per heavy atom. The zero-order valence-electron chi connectivity index (χ0n) is 9.81. The summed E-state index contributed by atoms with van der Waals surface area (Å²) < 4.78 is 15.5. The summed E-state index contributed by atoms with van der Waals surface area (Å²) >= 11 is 0. The minimum Gasteiger partial charge on any atom is -0.469 e. The monoisotopic (exact) mass is 228 g/mol. The van der Waals surface area contributed by atoms with Gasteiger partial charge < -0.3 is 14.2 Å². The van der Waals surface area contributed by atoms with Crippen LogP contribution in [0.25, 0.3) is 0 Å². The molecule has 0 aliphatic carbocycles. The van der Waals surface area contributed by atoms with E-state index in [9.17, 15) is 4.79 Å². The first kappa shape index (κ1) is 13.2. The Labute approximate surface area is 96.6 Å². The maximum absolute atomic E-state index is 10.8. The Morgan fingerprint density at radius 3 is 3.00 bits per heavy atom. The van der Waals surface area contributed by atoms with Crippen LogP contribution in [0.1, 0.15) is 32.1 Å². The molecule has 0 aromatic heterocycles. The molecule has 1 aliphatic rings. The molecule has 1 rings (SSSR count). The quantitative estimate of drug-likeness (QED) is 0.396. The van der Waals surface area contributed by atoms with Crippen LogP contribution in [-0.2, 0) is 19.0 Å². The van der Waals surface area contributed by atoms with E-state index in [0.717, 1.165) is 25.9 Å². The van der Waals surface area contributed by atoms with E-state index < -0.39 is 0 Å². The van der Waals surface area contributed by atoms with Gasteiger partial charge in [0.15, 0.2) is 6.29 Å². The van der Waals surface area contributed by atoms with Gasteiger partial charge in [0.1, 0.15) is 0 Å². The van der Waals surface area contributed by atoms with Crippen molar-refractivity contribution in [1.29, 1.82) is 0 Å². The van der Waals surface area contributed by atoms with Gasteiger partial charge in [-0.15, -0.1) is 0 Å². The fourth-order valence-electron chi connectivity index (χ4n) is 1.49. The van der Waals surface area contributed by atoms with Crippen molar-refractivity contribution in [3.8, 4) is 0 Å². The fourth-order valence-corrected chi connectivity index (χ4v) is 1.49. The molecule has 0 saturated carbocycles. The van der Waals surface area contributed by atoms with Gasteiger partial charge in [0.25, 0.3) is 0 Å². The van der Waals surface area contributed by atoms with Crippen LogP contribution < -0.4 is 0 Å². The first-order valence-electron chi connectivity index (χ1n) is 5.78. The minimum atomic E-state index is -0.215. The van der Waals surface area contributed by atoms with E-state index in [4.69, 9.17) is 9.47 Å². The van der Waals surface area contributed by atoms with E-state index in [1.807, 2.05) is 6.08 Å². The zero-order chi connectivity index (χ0) is 11.6. The van der Waals surface area contributed by atoms with Crippen LogP contribution in [0.4, 0.5) is 0 Å². The smallest absolute Gasteiger partial charge is 0.309 e. The Morgan fingerprint density at radius 2 is 2.31 bits per heavy atom. The number of hydrogen-bond donors (Lipinski definition) is 0. The summed E-state index contributed by atoms with van der Waals surface area (Å²) in [5.74, 6) is -0.215. The van der Waals surface area contributed by atoms with Crippen molar-refractivity contribution >= 4 is 5.97 Å². The van der Waals surface area contributed by atoms with E-state index in [2.05, 4.69) is 4.74 Å². The van der Waals surface area contributed by atoms with E-state index in [-0.39, 0.29) is 12.3 Å². The van der Waals surface area contributed by atoms with Gasteiger partial charge in [-0.25, -0.2) is 0 Å². The molecule has 0 N–H and O–H groups in total. The van der Waals surface area contributed by atoms with Crippen molar-refractivity contribution in [2.75, 3.05) is 20.3 Å². The van der Waals surface area contributed by atoms with Gasteiger partial charge in [0.2, 0.25) is 0 Å². The van der Waals surface area contributed by atoms with Gasteiger partial charge in [-0.1, -0.05) is 12.2 Å². The number of carbonyl (C=O) groups is 1. The Hall–Kier alpha value is -0.870. The summed E-state index contributed by atoms with van der Waals surface area (Å²) in [6.45, 7) is 1.45. The molecule has 1 unspecified atom stereocenters. The molecule has 4 nitrogen and oxygen atoms in total. The predicted octanol–water partition coefficient (Wildman–Crippen LogP) is 2.04. The van der Waals surface area contributed by atoms with Gasteiger partial charge in [0, 0.05) is 6.61 Å². The van der Waals surface area contributed by atoms with Gasteiger partial charge in [-0.2, -0.15) is 0 Å². The highest BCUT2D eigenvalue weighted by molar-refractivity contribution is 5.70. The lowest BCUT2D eigenvalue weighted by molar-refractivity contribution is -0.161. The SMILES string of the molecule is COC(=O)CC=CCCOC1CCCCO1. The van der Waals surface area contributed by atoms with E-state index in [0.29, 0.717) is 13.0 Å². The topological polar surface area (TPSA) is 44.8 Å². The van der Waals surface area contributed by atoms with Crippen LogP contribution in [0.3, 0.4) is 0 Å². The third-order valence-corrected chi connectivity index (χ3v) is 2.41. The predicted molar refractivity (Wildman–Crippen MR) is 59.9 cm³/mol. The van der Waals surface area contributed by atoms with E-state index >= 15 is 0 Å². The maximum atomic E-state index is 10.8. The number of ether oxygens (including phenoxy) is 3. The van der Waals surface area contributed by atoms with Crippen molar-refractivity contribution < 1.29 is 19.0 Å². The fraction of sp³-hybridized carbons (Fsp3) is 0.750. The third-order valence-electron chi connectivity index (χ3n) is 2.41. The molecule has 0 radical (unpaired) electrons. The summed E-state index contributed by atoms with van der Waals surface area (Å²) in [5, 5.41) is 0. The summed E-state index contributed by atoms with van der Waals surface area (Å²) in [7, 11) is 1.39. The van der Waals surface area contributed by atoms with Crippen LogP contribution in [0.2, 0.25) is 0 Å². The van der Waals surface area contributed by atoms with Crippen LogP contribution >= 0.6 is 0 Å². The highest BCUT2D eigenvalue weighted by Crippen LogP contribution is 2.13. The molecule has 0 bridgehead atoms. The van der Waals surface area contributed by atoms with Gasteiger partial charge >= 0.3 is 5.97 Å². The van der Waals surface area contributed by atoms with E-state index in [1.54, 1.807) is 6.08 Å². The lowest BCUT2D eigenvalue weighted by Gasteiger charge is -2.22. The van der Waals surface area contributed by atoms with Crippen molar-refractivity contribution in [2.24, 2.45) is 0 Å². The minimum absolute atomic E-state index is 0.0252. The van der Waals surface area contributed by atoms with Crippen molar-refractivity contribution in [1.82, 2.24) is 0 Å². The first-order valence-corrected chi connectivity index (χ1v) is 5.78. The molecule has 1 aliphatic heterocycles. The summed E-state index contributed by atoms with van der Waals surface area (Å²) in [6.07, 6.45) is 8.15. The zero-order valence-corrected chi connectivity index (χ0v) is 9.81. The Kier molecular flexibility index (Phi) is 6.85. The van der Waals surface area contributed by atoms with E-state index in [1.165, 1.54) is 13.5 Å². The van der Waals surface area contributed by atoms with Crippen LogP contribution in [0.15, 0.2) is 12.2 Å².